The second-order valence-electron chi connectivity index (χ2n) is 3.82. The Kier molecular flexibility index (Phi) is 4.28. The monoisotopic (exact) mass is 212 g/mol. The molecule has 14 heavy (non-hydrogen) atoms. The lowest BCUT2D eigenvalue weighted by molar-refractivity contribution is 0.138. The first-order chi connectivity index (χ1) is 6.71. The standard InChI is InChI=1S/C11H20N2S/c1-4-13(5-2)11(9-12)7-6-8-14-10(11)3/h10H,4-8H2,1-3H3. The summed E-state index contributed by atoms with van der Waals surface area (Å²) in [5.41, 5.74) is -0.202. The summed E-state index contributed by atoms with van der Waals surface area (Å²) in [5, 5.41) is 9.89. The van der Waals surface area contributed by atoms with Gasteiger partial charge in [-0.25, -0.2) is 0 Å². The van der Waals surface area contributed by atoms with Crippen molar-refractivity contribution in [2.75, 3.05) is 18.8 Å². The van der Waals surface area contributed by atoms with Gasteiger partial charge in [-0.1, -0.05) is 20.8 Å². The third kappa shape index (κ3) is 1.92. The smallest absolute Gasteiger partial charge is 0.120 e. The first-order valence-electron chi connectivity index (χ1n) is 5.49. The molecule has 2 unspecified atom stereocenters. The molecule has 2 nitrogen and oxygen atoms in total. The van der Waals surface area contributed by atoms with Gasteiger partial charge in [0.05, 0.1) is 6.07 Å². The molecule has 2 atom stereocenters. The molecule has 0 amide bonds. The molecule has 0 aromatic carbocycles. The first kappa shape index (κ1) is 11.9. The predicted octanol–water partition coefficient (Wildman–Crippen LogP) is 2.51. The van der Waals surface area contributed by atoms with Crippen molar-refractivity contribution in [1.82, 2.24) is 4.90 Å². The molecule has 3 heteroatoms. The van der Waals surface area contributed by atoms with Crippen molar-refractivity contribution in [3.05, 3.63) is 0 Å². The summed E-state index contributed by atoms with van der Waals surface area (Å²) in [6.45, 7) is 8.46. The summed E-state index contributed by atoms with van der Waals surface area (Å²) >= 11 is 1.94. The van der Waals surface area contributed by atoms with E-state index in [4.69, 9.17) is 0 Å². The van der Waals surface area contributed by atoms with E-state index >= 15 is 0 Å². The van der Waals surface area contributed by atoms with Gasteiger partial charge >= 0.3 is 0 Å². The maximum Gasteiger partial charge on any atom is 0.120 e. The first-order valence-corrected chi connectivity index (χ1v) is 6.54. The molecule has 0 radical (unpaired) electrons. The van der Waals surface area contributed by atoms with E-state index in [1.54, 1.807) is 0 Å². The number of hydrogen-bond acceptors (Lipinski definition) is 3. The third-order valence-corrected chi connectivity index (χ3v) is 4.68. The van der Waals surface area contributed by atoms with Crippen LogP contribution in [0.15, 0.2) is 0 Å². The van der Waals surface area contributed by atoms with Gasteiger partial charge in [0.15, 0.2) is 0 Å². The lowest BCUT2D eigenvalue weighted by Gasteiger charge is -2.44. The highest BCUT2D eigenvalue weighted by atomic mass is 32.2. The molecular formula is C11H20N2S. The van der Waals surface area contributed by atoms with Crippen LogP contribution in [0.1, 0.15) is 33.6 Å². The van der Waals surface area contributed by atoms with Crippen LogP contribution in [-0.4, -0.2) is 34.5 Å². The molecule has 1 rings (SSSR count). The van der Waals surface area contributed by atoms with E-state index in [0.29, 0.717) is 5.25 Å². The molecular weight excluding hydrogens is 192 g/mol. The van der Waals surface area contributed by atoms with Crippen LogP contribution >= 0.6 is 11.8 Å². The Morgan fingerprint density at radius 3 is 2.57 bits per heavy atom. The fourth-order valence-electron chi connectivity index (χ4n) is 2.36. The minimum Gasteiger partial charge on any atom is -0.285 e. The van der Waals surface area contributed by atoms with Crippen LogP contribution in [-0.2, 0) is 0 Å². The molecule has 0 aliphatic carbocycles. The average molecular weight is 212 g/mol. The van der Waals surface area contributed by atoms with Crippen LogP contribution in [0, 0.1) is 11.3 Å². The molecule has 0 N–H and O–H groups in total. The Labute approximate surface area is 91.7 Å². The molecule has 1 aliphatic heterocycles. The van der Waals surface area contributed by atoms with Crippen molar-refractivity contribution in [2.45, 2.75) is 44.4 Å². The number of nitriles is 1. The molecule has 0 aromatic rings. The van der Waals surface area contributed by atoms with Gasteiger partial charge in [0.2, 0.25) is 0 Å². The van der Waals surface area contributed by atoms with Crippen molar-refractivity contribution in [3.63, 3.8) is 0 Å². The van der Waals surface area contributed by atoms with Crippen molar-refractivity contribution in [3.8, 4) is 6.07 Å². The number of hydrogen-bond donors (Lipinski definition) is 0. The average Bonchev–Trinajstić information content (AvgIpc) is 2.22. The molecule has 0 spiro atoms. The Hall–Kier alpha value is -0.200. The van der Waals surface area contributed by atoms with Crippen LogP contribution in [0.4, 0.5) is 0 Å². The maximum atomic E-state index is 9.44. The molecule has 1 aliphatic rings. The van der Waals surface area contributed by atoms with Gasteiger partial charge < -0.3 is 0 Å². The van der Waals surface area contributed by atoms with Crippen LogP contribution < -0.4 is 0 Å². The van der Waals surface area contributed by atoms with Crippen LogP contribution in [0.3, 0.4) is 0 Å². The number of thioether (sulfide) groups is 1. The highest BCUT2D eigenvalue weighted by Crippen LogP contribution is 2.37. The van der Waals surface area contributed by atoms with Crippen molar-refractivity contribution in [2.24, 2.45) is 0 Å². The zero-order valence-corrected chi connectivity index (χ0v) is 10.2. The fraction of sp³-hybridized carbons (Fsp3) is 0.909. The Morgan fingerprint density at radius 2 is 2.14 bits per heavy atom. The summed E-state index contributed by atoms with van der Waals surface area (Å²) in [6.07, 6.45) is 2.22. The largest absolute Gasteiger partial charge is 0.285 e. The lowest BCUT2D eigenvalue weighted by Crippen LogP contribution is -2.55. The highest BCUT2D eigenvalue weighted by molar-refractivity contribution is 8.00. The SMILES string of the molecule is CCN(CC)C1(C#N)CCCSC1C. The van der Waals surface area contributed by atoms with E-state index < -0.39 is 0 Å². The van der Waals surface area contributed by atoms with Gasteiger partial charge in [0, 0.05) is 5.25 Å². The van der Waals surface area contributed by atoms with E-state index in [1.165, 1.54) is 12.2 Å². The van der Waals surface area contributed by atoms with E-state index in [-0.39, 0.29) is 5.54 Å². The highest BCUT2D eigenvalue weighted by Gasteiger charge is 2.42. The lowest BCUT2D eigenvalue weighted by atomic mass is 9.89. The summed E-state index contributed by atoms with van der Waals surface area (Å²) in [4.78, 5) is 2.32. The van der Waals surface area contributed by atoms with Gasteiger partial charge in [-0.15, -0.1) is 0 Å². The number of nitrogens with zero attached hydrogens (tertiary/aromatic N) is 2. The Balaban J connectivity index is 2.87. The van der Waals surface area contributed by atoms with Gasteiger partial charge in [-0.3, -0.25) is 4.90 Å². The van der Waals surface area contributed by atoms with E-state index in [2.05, 4.69) is 31.7 Å². The van der Waals surface area contributed by atoms with Crippen LogP contribution in [0.5, 0.6) is 0 Å². The summed E-state index contributed by atoms with van der Waals surface area (Å²) in [7, 11) is 0. The topological polar surface area (TPSA) is 27.0 Å². The fourth-order valence-corrected chi connectivity index (χ4v) is 3.62. The van der Waals surface area contributed by atoms with Gasteiger partial charge in [-0.2, -0.15) is 17.0 Å². The van der Waals surface area contributed by atoms with Crippen molar-refractivity contribution in [1.29, 1.82) is 5.26 Å². The third-order valence-electron chi connectivity index (χ3n) is 3.26. The van der Waals surface area contributed by atoms with Gasteiger partial charge in [-0.05, 0) is 31.7 Å². The van der Waals surface area contributed by atoms with Crippen molar-refractivity contribution >= 4 is 11.8 Å². The second-order valence-corrected chi connectivity index (χ2v) is 5.27. The maximum absolute atomic E-state index is 9.44. The minimum atomic E-state index is -0.202. The van der Waals surface area contributed by atoms with E-state index in [9.17, 15) is 5.26 Å². The van der Waals surface area contributed by atoms with Crippen LogP contribution in [0.25, 0.3) is 0 Å². The predicted molar refractivity (Wildman–Crippen MR) is 62.4 cm³/mol. The zero-order valence-electron chi connectivity index (χ0n) is 9.42. The van der Waals surface area contributed by atoms with Gasteiger partial charge in [0.1, 0.15) is 5.54 Å². The van der Waals surface area contributed by atoms with E-state index in [0.717, 1.165) is 19.5 Å². The molecule has 0 aromatic heterocycles. The summed E-state index contributed by atoms with van der Waals surface area (Å²) < 4.78 is 0. The molecule has 0 bridgehead atoms. The Bertz CT molecular complexity index is 220. The summed E-state index contributed by atoms with van der Waals surface area (Å²) in [6, 6.07) is 2.57. The molecule has 0 saturated carbocycles. The normalized spacial score (nSPS) is 32.9. The Morgan fingerprint density at radius 1 is 1.50 bits per heavy atom. The molecule has 1 fully saturated rings. The summed E-state index contributed by atoms with van der Waals surface area (Å²) in [5.74, 6) is 1.21. The van der Waals surface area contributed by atoms with E-state index in [1.807, 2.05) is 11.8 Å². The quantitative estimate of drug-likeness (QED) is 0.719. The van der Waals surface area contributed by atoms with Crippen molar-refractivity contribution < 1.29 is 0 Å². The van der Waals surface area contributed by atoms with Crippen LogP contribution in [0.2, 0.25) is 0 Å². The van der Waals surface area contributed by atoms with Gasteiger partial charge in [0.25, 0.3) is 0 Å². The molecule has 1 heterocycles. The zero-order chi connectivity index (χ0) is 10.6. The molecule has 1 saturated heterocycles. The number of rotatable bonds is 3. The second kappa shape index (κ2) is 5.04. The minimum absolute atomic E-state index is 0.202. The molecule has 80 valence electrons.